The number of hydrogen-bond acceptors (Lipinski definition) is 7. The number of alkyl halides is 3. The van der Waals surface area contributed by atoms with Crippen LogP contribution in [-0.4, -0.2) is 70.4 Å². The van der Waals surface area contributed by atoms with Crippen LogP contribution in [0.15, 0.2) is 24.3 Å². The molecule has 35 heavy (non-hydrogen) atoms. The molecule has 0 radical (unpaired) electrons. The number of ether oxygens (including phenoxy) is 2. The van der Waals surface area contributed by atoms with Gasteiger partial charge in [-0.3, -0.25) is 4.90 Å². The molecule has 4 rings (SSSR count). The van der Waals surface area contributed by atoms with E-state index >= 15 is 0 Å². The Bertz CT molecular complexity index is 1090. The lowest BCUT2D eigenvalue weighted by Gasteiger charge is -2.45. The van der Waals surface area contributed by atoms with Gasteiger partial charge < -0.3 is 19.7 Å². The van der Waals surface area contributed by atoms with E-state index in [0.29, 0.717) is 24.6 Å². The molecule has 1 atom stereocenters. The summed E-state index contributed by atoms with van der Waals surface area (Å²) in [5.41, 5.74) is 3.01. The van der Waals surface area contributed by atoms with Crippen LogP contribution in [0.2, 0.25) is 0 Å². The van der Waals surface area contributed by atoms with Gasteiger partial charge in [-0.2, -0.15) is 18.2 Å². The zero-order chi connectivity index (χ0) is 25.4. The fraction of sp³-hybridized carbons (Fsp3) is 0.542. The largest absolute Gasteiger partial charge is 0.454 e. The van der Waals surface area contributed by atoms with Gasteiger partial charge in [0.2, 0.25) is 0 Å². The molecular weight excluding hydrogens is 463 g/mol. The van der Waals surface area contributed by atoms with E-state index in [1.165, 1.54) is 0 Å². The Kier molecular flexibility index (Phi) is 6.81. The number of nitrogens with one attached hydrogen (secondary N) is 1. The predicted molar refractivity (Wildman–Crippen MR) is 124 cm³/mol. The predicted octanol–water partition coefficient (Wildman–Crippen LogP) is 4.62. The lowest BCUT2D eigenvalue weighted by Crippen LogP contribution is -2.53. The fourth-order valence-corrected chi connectivity index (χ4v) is 4.33. The quantitative estimate of drug-likeness (QED) is 0.666. The van der Waals surface area contributed by atoms with Crippen molar-refractivity contribution in [3.63, 3.8) is 0 Å². The van der Waals surface area contributed by atoms with Crippen molar-refractivity contribution < 1.29 is 27.4 Å². The SMILES string of the molecule is Cc1cc(Nc2ccc3c(c2)CCN2CCN(C(=O)OC(C)(C)C)C[C@@H]32)nc(OCC(F)(F)F)n1. The van der Waals surface area contributed by atoms with Crippen LogP contribution in [0.4, 0.5) is 29.5 Å². The van der Waals surface area contributed by atoms with Gasteiger partial charge in [0.05, 0.1) is 6.04 Å². The first kappa shape index (κ1) is 25.0. The second kappa shape index (κ2) is 9.52. The van der Waals surface area contributed by atoms with Crippen molar-refractivity contribution in [1.29, 1.82) is 0 Å². The number of piperazine rings is 1. The van der Waals surface area contributed by atoms with Gasteiger partial charge in [0.15, 0.2) is 6.61 Å². The highest BCUT2D eigenvalue weighted by molar-refractivity contribution is 5.68. The standard InChI is InChI=1S/C24H30F3N5O3/c1-15-11-20(30-21(28-15)34-14-24(25,26)27)29-17-5-6-18-16(12-17)7-8-31-9-10-32(13-19(18)31)22(33)35-23(2,3)4/h5-6,11-12,19H,7-10,13-14H2,1-4H3,(H,28,29,30)/t19-/m0/s1. The number of benzene rings is 1. The van der Waals surface area contributed by atoms with Crippen LogP contribution in [0, 0.1) is 6.92 Å². The molecule has 190 valence electrons. The Hall–Kier alpha value is -3.08. The maximum Gasteiger partial charge on any atom is 0.422 e. The second-order valence-corrected chi connectivity index (χ2v) is 9.85. The maximum atomic E-state index is 12.6. The summed E-state index contributed by atoms with van der Waals surface area (Å²) in [4.78, 5) is 24.7. The van der Waals surface area contributed by atoms with Crippen molar-refractivity contribution >= 4 is 17.6 Å². The van der Waals surface area contributed by atoms with Crippen molar-refractivity contribution in [3.8, 4) is 6.01 Å². The van der Waals surface area contributed by atoms with Gasteiger partial charge >= 0.3 is 18.3 Å². The van der Waals surface area contributed by atoms with Gasteiger partial charge in [0.1, 0.15) is 11.4 Å². The summed E-state index contributed by atoms with van der Waals surface area (Å²) in [5.74, 6) is 0.348. The van der Waals surface area contributed by atoms with Crippen LogP contribution >= 0.6 is 0 Å². The van der Waals surface area contributed by atoms with Crippen LogP contribution in [-0.2, 0) is 11.2 Å². The van der Waals surface area contributed by atoms with E-state index in [1.54, 1.807) is 17.9 Å². The average molecular weight is 494 g/mol. The molecule has 8 nitrogen and oxygen atoms in total. The van der Waals surface area contributed by atoms with E-state index in [-0.39, 0.29) is 18.1 Å². The van der Waals surface area contributed by atoms with Crippen molar-refractivity contribution in [2.75, 3.05) is 38.1 Å². The van der Waals surface area contributed by atoms with E-state index < -0.39 is 18.4 Å². The Morgan fingerprint density at radius 1 is 1.14 bits per heavy atom. The Labute approximate surface area is 202 Å². The number of carbonyl (C=O) groups is 1. The number of anilines is 2. The minimum Gasteiger partial charge on any atom is -0.454 e. The number of hydrogen-bond donors (Lipinski definition) is 1. The lowest BCUT2D eigenvalue weighted by molar-refractivity contribution is -0.154. The molecule has 2 aliphatic rings. The topological polar surface area (TPSA) is 79.8 Å². The fourth-order valence-electron chi connectivity index (χ4n) is 4.33. The lowest BCUT2D eigenvalue weighted by atomic mass is 9.90. The molecule has 1 saturated heterocycles. The van der Waals surface area contributed by atoms with E-state index in [4.69, 9.17) is 9.47 Å². The highest BCUT2D eigenvalue weighted by atomic mass is 19.4. The van der Waals surface area contributed by atoms with E-state index in [1.807, 2.05) is 39.0 Å². The van der Waals surface area contributed by atoms with E-state index in [9.17, 15) is 18.0 Å². The Morgan fingerprint density at radius 3 is 2.63 bits per heavy atom. The van der Waals surface area contributed by atoms with E-state index in [0.717, 1.165) is 36.3 Å². The van der Waals surface area contributed by atoms with Crippen LogP contribution in [0.3, 0.4) is 0 Å². The molecule has 2 aromatic rings. The first-order valence-electron chi connectivity index (χ1n) is 11.5. The first-order chi connectivity index (χ1) is 16.4. The third kappa shape index (κ3) is 6.53. The number of amides is 1. The summed E-state index contributed by atoms with van der Waals surface area (Å²) in [5, 5.41) is 3.15. The van der Waals surface area contributed by atoms with E-state index in [2.05, 4.69) is 20.2 Å². The molecule has 3 heterocycles. The molecule has 0 unspecified atom stereocenters. The smallest absolute Gasteiger partial charge is 0.422 e. The summed E-state index contributed by atoms with van der Waals surface area (Å²) in [6, 6.07) is 7.35. The van der Waals surface area contributed by atoms with Crippen LogP contribution < -0.4 is 10.1 Å². The molecule has 1 aromatic carbocycles. The molecule has 0 spiro atoms. The van der Waals surface area contributed by atoms with Crippen molar-refractivity contribution in [2.24, 2.45) is 0 Å². The molecule has 1 amide bonds. The second-order valence-electron chi connectivity index (χ2n) is 9.85. The molecular formula is C24H30F3N5O3. The van der Waals surface area contributed by atoms with Gasteiger partial charge in [-0.1, -0.05) is 6.07 Å². The zero-order valence-electron chi connectivity index (χ0n) is 20.3. The zero-order valence-corrected chi connectivity index (χ0v) is 20.3. The minimum absolute atomic E-state index is 0.0812. The molecule has 11 heteroatoms. The van der Waals surface area contributed by atoms with Crippen LogP contribution in [0.25, 0.3) is 0 Å². The highest BCUT2D eigenvalue weighted by Crippen LogP contribution is 2.35. The summed E-state index contributed by atoms with van der Waals surface area (Å²) in [6.45, 7) is 8.63. The molecule has 0 aliphatic carbocycles. The van der Waals surface area contributed by atoms with Gasteiger partial charge in [0.25, 0.3) is 0 Å². The number of carbonyl (C=O) groups excluding carboxylic acids is 1. The number of rotatable bonds is 4. The summed E-state index contributed by atoms with van der Waals surface area (Å²) >= 11 is 0. The molecule has 2 aliphatic heterocycles. The van der Waals surface area contributed by atoms with Gasteiger partial charge in [-0.15, -0.1) is 0 Å². The third-order valence-electron chi connectivity index (χ3n) is 5.78. The van der Waals surface area contributed by atoms with Crippen LogP contribution in [0.5, 0.6) is 6.01 Å². The van der Waals surface area contributed by atoms with Gasteiger partial charge in [-0.25, -0.2) is 9.78 Å². The normalized spacial score (nSPS) is 18.5. The molecule has 1 N–H and O–H groups in total. The Morgan fingerprint density at radius 2 is 1.91 bits per heavy atom. The van der Waals surface area contributed by atoms with Gasteiger partial charge in [0, 0.05) is 43.6 Å². The number of fused-ring (bicyclic) bond motifs is 3. The van der Waals surface area contributed by atoms with Crippen molar-refractivity contribution in [1.82, 2.24) is 19.8 Å². The summed E-state index contributed by atoms with van der Waals surface area (Å²) in [7, 11) is 0. The van der Waals surface area contributed by atoms with Crippen molar-refractivity contribution in [3.05, 3.63) is 41.1 Å². The maximum absolute atomic E-state index is 12.6. The first-order valence-corrected chi connectivity index (χ1v) is 11.5. The number of aryl methyl sites for hydroxylation is 1. The highest BCUT2D eigenvalue weighted by Gasteiger charge is 2.36. The average Bonchev–Trinajstić information content (AvgIpc) is 2.75. The molecule has 0 bridgehead atoms. The molecule has 0 saturated carbocycles. The number of nitrogens with zero attached hydrogens (tertiary/aromatic N) is 4. The van der Waals surface area contributed by atoms with Crippen LogP contribution in [0.1, 0.15) is 43.6 Å². The molecule has 1 aromatic heterocycles. The Balaban J connectivity index is 1.48. The monoisotopic (exact) mass is 493 g/mol. The number of aromatic nitrogens is 2. The minimum atomic E-state index is -4.47. The van der Waals surface area contributed by atoms with Crippen molar-refractivity contribution in [2.45, 2.75) is 51.9 Å². The van der Waals surface area contributed by atoms with Gasteiger partial charge in [-0.05, 0) is 57.4 Å². The molecule has 1 fully saturated rings. The summed E-state index contributed by atoms with van der Waals surface area (Å²) < 4.78 is 47.7. The number of halogens is 3. The summed E-state index contributed by atoms with van der Waals surface area (Å²) in [6.07, 6.45) is -3.91. The third-order valence-corrected chi connectivity index (χ3v) is 5.78.